The number of carbonyl (C=O) groups excluding carboxylic acids is 2. The van der Waals surface area contributed by atoms with Crippen LogP contribution in [0.2, 0.25) is 0 Å². The summed E-state index contributed by atoms with van der Waals surface area (Å²) >= 11 is 0. The van der Waals surface area contributed by atoms with Crippen molar-refractivity contribution < 1.29 is 24.0 Å². The van der Waals surface area contributed by atoms with E-state index in [1.54, 1.807) is 26.8 Å². The number of hydrogen-bond donors (Lipinski definition) is 1. The molecule has 2 aromatic carbocycles. The van der Waals surface area contributed by atoms with E-state index in [0.717, 1.165) is 5.56 Å². The molecule has 8 nitrogen and oxygen atoms in total. The highest BCUT2D eigenvalue weighted by Gasteiger charge is 2.26. The van der Waals surface area contributed by atoms with Gasteiger partial charge in [0.2, 0.25) is 0 Å². The molecule has 29 heavy (non-hydrogen) atoms. The highest BCUT2D eigenvalue weighted by Crippen LogP contribution is 2.19. The number of amides is 1. The van der Waals surface area contributed by atoms with E-state index in [1.807, 2.05) is 30.3 Å². The largest absolute Gasteiger partial charge is 0.459 e. The van der Waals surface area contributed by atoms with Crippen LogP contribution in [-0.2, 0) is 27.3 Å². The van der Waals surface area contributed by atoms with E-state index < -0.39 is 28.6 Å². The second kappa shape index (κ2) is 9.68. The SMILES string of the molecule is CC(C)(C)OC(=O)NC(Cc1ccccc1)C(=O)OCc1ccccc1[N+](=O)[O-]. The quantitative estimate of drug-likeness (QED) is 0.431. The first kappa shape index (κ1) is 21.9. The van der Waals surface area contributed by atoms with Crippen LogP contribution in [0.15, 0.2) is 54.6 Å². The number of esters is 1. The standard InChI is InChI=1S/C21H24N2O6/c1-21(2,3)29-20(25)22-17(13-15-9-5-4-6-10-15)19(24)28-14-16-11-7-8-12-18(16)23(26)27/h4-12,17H,13-14H2,1-3H3,(H,22,25). The summed E-state index contributed by atoms with van der Waals surface area (Å²) in [6.07, 6.45) is -0.559. The first-order valence-electron chi connectivity index (χ1n) is 9.08. The molecule has 0 aliphatic heterocycles. The topological polar surface area (TPSA) is 108 Å². The molecule has 1 N–H and O–H groups in total. The first-order valence-corrected chi connectivity index (χ1v) is 9.08. The van der Waals surface area contributed by atoms with Gasteiger partial charge in [0.1, 0.15) is 18.2 Å². The van der Waals surface area contributed by atoms with Crippen molar-refractivity contribution >= 4 is 17.7 Å². The van der Waals surface area contributed by atoms with Gasteiger partial charge in [0, 0.05) is 12.5 Å². The Morgan fingerprint density at radius 3 is 2.31 bits per heavy atom. The lowest BCUT2D eigenvalue weighted by Gasteiger charge is -2.23. The molecule has 0 bridgehead atoms. The second-order valence-electron chi connectivity index (χ2n) is 7.38. The molecule has 1 atom stereocenters. The molecule has 0 fully saturated rings. The van der Waals surface area contributed by atoms with Crippen LogP contribution >= 0.6 is 0 Å². The molecule has 0 aliphatic rings. The van der Waals surface area contributed by atoms with Crippen molar-refractivity contribution in [2.45, 2.75) is 45.4 Å². The van der Waals surface area contributed by atoms with E-state index in [2.05, 4.69) is 5.32 Å². The molecule has 2 rings (SSSR count). The van der Waals surface area contributed by atoms with E-state index in [-0.39, 0.29) is 24.3 Å². The number of alkyl carbamates (subject to hydrolysis) is 1. The van der Waals surface area contributed by atoms with Crippen molar-refractivity contribution in [3.05, 3.63) is 75.8 Å². The summed E-state index contributed by atoms with van der Waals surface area (Å²) in [6.45, 7) is 4.86. The lowest BCUT2D eigenvalue weighted by Crippen LogP contribution is -2.45. The minimum atomic E-state index is -1.00. The van der Waals surface area contributed by atoms with Crippen molar-refractivity contribution in [1.29, 1.82) is 0 Å². The fourth-order valence-corrected chi connectivity index (χ4v) is 2.55. The Morgan fingerprint density at radius 2 is 1.69 bits per heavy atom. The zero-order valence-corrected chi connectivity index (χ0v) is 16.6. The highest BCUT2D eigenvalue weighted by molar-refractivity contribution is 5.81. The Bertz CT molecular complexity index is 861. The number of ether oxygens (including phenoxy) is 2. The summed E-state index contributed by atoms with van der Waals surface area (Å²) in [5.41, 5.74) is 0.216. The normalized spacial score (nSPS) is 12.0. The van der Waals surface area contributed by atoms with Gasteiger partial charge in [-0.25, -0.2) is 9.59 Å². The molecule has 1 amide bonds. The average molecular weight is 400 g/mol. The zero-order chi connectivity index (χ0) is 21.4. The van der Waals surface area contributed by atoms with Gasteiger partial charge in [0.15, 0.2) is 0 Å². The maximum absolute atomic E-state index is 12.6. The third-order valence-corrected chi connectivity index (χ3v) is 3.82. The van der Waals surface area contributed by atoms with Gasteiger partial charge in [0.05, 0.1) is 10.5 Å². The molecule has 1 unspecified atom stereocenters. The number of rotatable bonds is 7. The Hall–Kier alpha value is -3.42. The Kier molecular flexibility index (Phi) is 7.30. The molecule has 0 aromatic heterocycles. The van der Waals surface area contributed by atoms with Gasteiger partial charge in [-0.2, -0.15) is 0 Å². The molecular weight excluding hydrogens is 376 g/mol. The summed E-state index contributed by atoms with van der Waals surface area (Å²) in [7, 11) is 0. The molecular formula is C21H24N2O6. The maximum atomic E-state index is 12.6. The van der Waals surface area contributed by atoms with Gasteiger partial charge in [-0.1, -0.05) is 42.5 Å². The van der Waals surface area contributed by atoms with E-state index in [0.29, 0.717) is 0 Å². The van der Waals surface area contributed by atoms with Crippen LogP contribution in [0.5, 0.6) is 0 Å². The minimum absolute atomic E-state index is 0.139. The smallest absolute Gasteiger partial charge is 0.408 e. The monoisotopic (exact) mass is 400 g/mol. The predicted octanol–water partition coefficient (Wildman–Crippen LogP) is 3.77. The van der Waals surface area contributed by atoms with Gasteiger partial charge in [0.25, 0.3) is 5.69 Å². The van der Waals surface area contributed by atoms with Crippen LogP contribution in [0.4, 0.5) is 10.5 Å². The third kappa shape index (κ3) is 7.25. The van der Waals surface area contributed by atoms with Crippen molar-refractivity contribution in [3.63, 3.8) is 0 Å². The Labute approximate surface area is 169 Å². The van der Waals surface area contributed by atoms with Crippen molar-refractivity contribution in [3.8, 4) is 0 Å². The zero-order valence-electron chi connectivity index (χ0n) is 16.6. The van der Waals surface area contributed by atoms with E-state index in [1.165, 1.54) is 18.2 Å². The van der Waals surface area contributed by atoms with E-state index in [9.17, 15) is 19.7 Å². The summed E-state index contributed by atoms with van der Waals surface area (Å²) in [6, 6.07) is 14.1. The number of nitrogens with one attached hydrogen (secondary N) is 1. The van der Waals surface area contributed by atoms with Gasteiger partial charge in [-0.15, -0.1) is 0 Å². The molecule has 0 aliphatic carbocycles. The van der Waals surface area contributed by atoms with Crippen molar-refractivity contribution in [2.24, 2.45) is 0 Å². The first-order chi connectivity index (χ1) is 13.7. The number of carbonyl (C=O) groups is 2. The second-order valence-corrected chi connectivity index (χ2v) is 7.38. The molecule has 0 radical (unpaired) electrons. The van der Waals surface area contributed by atoms with Gasteiger partial charge in [-0.3, -0.25) is 10.1 Å². The number of nitrogens with zero attached hydrogens (tertiary/aromatic N) is 1. The predicted molar refractivity (Wildman–Crippen MR) is 106 cm³/mol. The van der Waals surface area contributed by atoms with Crippen molar-refractivity contribution in [1.82, 2.24) is 5.32 Å². The Balaban J connectivity index is 2.11. The van der Waals surface area contributed by atoms with Gasteiger partial charge < -0.3 is 14.8 Å². The third-order valence-electron chi connectivity index (χ3n) is 3.82. The van der Waals surface area contributed by atoms with Gasteiger partial charge in [-0.05, 0) is 32.4 Å². The average Bonchev–Trinajstić information content (AvgIpc) is 2.65. The maximum Gasteiger partial charge on any atom is 0.408 e. The van der Waals surface area contributed by atoms with E-state index in [4.69, 9.17) is 9.47 Å². The molecule has 0 heterocycles. The van der Waals surface area contributed by atoms with Crippen LogP contribution in [-0.4, -0.2) is 28.6 Å². The number of hydrogen-bond acceptors (Lipinski definition) is 6. The number of nitro groups is 1. The lowest BCUT2D eigenvalue weighted by molar-refractivity contribution is -0.385. The molecule has 0 saturated carbocycles. The number of para-hydroxylation sites is 1. The molecule has 0 saturated heterocycles. The fraction of sp³-hybridized carbons (Fsp3) is 0.333. The molecule has 2 aromatic rings. The summed E-state index contributed by atoms with van der Waals surface area (Å²) in [5.74, 6) is -0.710. The van der Waals surface area contributed by atoms with Crippen LogP contribution in [0.1, 0.15) is 31.9 Å². The molecule has 154 valence electrons. The number of nitro benzene ring substituents is 1. The van der Waals surface area contributed by atoms with Crippen LogP contribution in [0.3, 0.4) is 0 Å². The summed E-state index contributed by atoms with van der Waals surface area (Å²) < 4.78 is 10.5. The lowest BCUT2D eigenvalue weighted by atomic mass is 10.1. The van der Waals surface area contributed by atoms with Crippen LogP contribution in [0, 0.1) is 10.1 Å². The van der Waals surface area contributed by atoms with Crippen molar-refractivity contribution in [2.75, 3.05) is 0 Å². The number of benzene rings is 2. The summed E-state index contributed by atoms with van der Waals surface area (Å²) in [4.78, 5) is 35.4. The molecule has 8 heteroatoms. The van der Waals surface area contributed by atoms with Gasteiger partial charge >= 0.3 is 12.1 Å². The minimum Gasteiger partial charge on any atom is -0.459 e. The van der Waals surface area contributed by atoms with Crippen LogP contribution < -0.4 is 5.32 Å². The Morgan fingerprint density at radius 1 is 1.07 bits per heavy atom. The van der Waals surface area contributed by atoms with E-state index >= 15 is 0 Å². The summed E-state index contributed by atoms with van der Waals surface area (Å²) in [5, 5.41) is 13.6. The van der Waals surface area contributed by atoms with Crippen LogP contribution in [0.25, 0.3) is 0 Å². The molecule has 0 spiro atoms. The fourth-order valence-electron chi connectivity index (χ4n) is 2.55. The highest BCUT2D eigenvalue weighted by atomic mass is 16.6.